The van der Waals surface area contributed by atoms with Crippen molar-refractivity contribution in [3.63, 3.8) is 0 Å². The summed E-state index contributed by atoms with van der Waals surface area (Å²) in [5.41, 5.74) is 0. The normalized spacial score (nSPS) is 22.3. The van der Waals surface area contributed by atoms with Crippen LogP contribution >= 0.6 is 0 Å². The second kappa shape index (κ2) is 4.05. The minimum Gasteiger partial charge on any atom is -0.444 e. The Labute approximate surface area is 85.1 Å². The van der Waals surface area contributed by atoms with Crippen LogP contribution in [0.15, 0.2) is 16.5 Å². The lowest BCUT2D eigenvalue weighted by Gasteiger charge is -2.21. The largest absolute Gasteiger partial charge is 0.444 e. The van der Waals surface area contributed by atoms with Crippen molar-refractivity contribution in [2.45, 2.75) is 25.3 Å². The molecular weight excluding hydrogens is 176 g/mol. The molecule has 1 atom stereocenters. The van der Waals surface area contributed by atoms with Crippen molar-refractivity contribution in [1.29, 1.82) is 0 Å². The van der Waals surface area contributed by atoms with Crippen LogP contribution in [0.5, 0.6) is 0 Å². The van der Waals surface area contributed by atoms with Crippen LogP contribution in [0.2, 0.25) is 0 Å². The molecule has 1 fully saturated rings. The first-order valence-corrected chi connectivity index (χ1v) is 5.28. The Bertz CT molecular complexity index is 287. The van der Waals surface area contributed by atoms with Crippen LogP contribution in [0, 0.1) is 0 Å². The van der Waals surface area contributed by atoms with Crippen LogP contribution in [-0.4, -0.2) is 20.6 Å². The Morgan fingerprint density at radius 3 is 2.79 bits per heavy atom. The molecule has 1 aromatic rings. The lowest BCUT2D eigenvalue weighted by atomic mass is 10.0. The Kier molecular flexibility index (Phi) is 2.77. The first-order valence-electron chi connectivity index (χ1n) is 5.28. The highest BCUT2D eigenvalue weighted by atomic mass is 16.4. The molecule has 0 aliphatic carbocycles. The summed E-state index contributed by atoms with van der Waals surface area (Å²) in [5.74, 6) is 2.01. The summed E-state index contributed by atoms with van der Waals surface area (Å²) in [6.07, 6.45) is 3.79. The molecule has 0 radical (unpaired) electrons. The van der Waals surface area contributed by atoms with E-state index in [-0.39, 0.29) is 0 Å². The molecule has 1 aliphatic heterocycles. The van der Waals surface area contributed by atoms with Crippen molar-refractivity contribution in [3.05, 3.63) is 17.9 Å². The number of hydrogen-bond acceptors (Lipinski definition) is 3. The Balaban J connectivity index is 2.07. The lowest BCUT2D eigenvalue weighted by Crippen LogP contribution is -2.26. The van der Waals surface area contributed by atoms with E-state index in [1.54, 1.807) is 0 Å². The highest BCUT2D eigenvalue weighted by molar-refractivity contribution is 5.34. The van der Waals surface area contributed by atoms with Crippen molar-refractivity contribution in [3.8, 4) is 0 Å². The van der Waals surface area contributed by atoms with Gasteiger partial charge in [0.05, 0.1) is 6.04 Å². The van der Waals surface area contributed by atoms with Crippen LogP contribution in [0.4, 0.5) is 5.88 Å². The van der Waals surface area contributed by atoms with Crippen molar-refractivity contribution >= 4 is 5.88 Å². The van der Waals surface area contributed by atoms with Gasteiger partial charge in [-0.1, -0.05) is 6.42 Å². The molecule has 0 unspecified atom stereocenters. The average Bonchev–Trinajstić information content (AvgIpc) is 2.68. The molecule has 2 heterocycles. The predicted molar refractivity (Wildman–Crippen MR) is 57.6 cm³/mol. The fourth-order valence-electron chi connectivity index (χ4n) is 1.86. The van der Waals surface area contributed by atoms with Gasteiger partial charge >= 0.3 is 0 Å². The van der Waals surface area contributed by atoms with Gasteiger partial charge in [0.15, 0.2) is 5.88 Å². The fraction of sp³-hybridized carbons (Fsp3) is 0.636. The third kappa shape index (κ3) is 1.93. The molecular formula is C11H18N2O. The Morgan fingerprint density at radius 2 is 2.21 bits per heavy atom. The summed E-state index contributed by atoms with van der Waals surface area (Å²) < 4.78 is 5.75. The van der Waals surface area contributed by atoms with E-state index < -0.39 is 0 Å². The third-order valence-electron chi connectivity index (χ3n) is 2.71. The zero-order valence-electron chi connectivity index (χ0n) is 8.92. The van der Waals surface area contributed by atoms with Crippen molar-refractivity contribution < 1.29 is 4.42 Å². The molecule has 0 amide bonds. The van der Waals surface area contributed by atoms with E-state index in [0.717, 1.165) is 18.2 Å². The first kappa shape index (κ1) is 9.59. The molecule has 3 nitrogen and oxygen atoms in total. The van der Waals surface area contributed by atoms with E-state index in [1.165, 1.54) is 19.3 Å². The smallest absolute Gasteiger partial charge is 0.195 e. The van der Waals surface area contributed by atoms with Gasteiger partial charge in [0, 0.05) is 20.2 Å². The molecule has 14 heavy (non-hydrogen) atoms. The standard InChI is InChI=1S/C11H18N2O/c1-13(2)11-7-6-10(14-11)9-5-3-4-8-12-9/h6-7,9,12H,3-5,8H2,1-2H3/t9-/m1/s1. The second-order valence-electron chi connectivity index (χ2n) is 4.07. The van der Waals surface area contributed by atoms with E-state index in [2.05, 4.69) is 11.4 Å². The topological polar surface area (TPSA) is 28.4 Å². The summed E-state index contributed by atoms with van der Waals surface area (Å²) in [6.45, 7) is 1.11. The van der Waals surface area contributed by atoms with Crippen molar-refractivity contribution in [2.75, 3.05) is 25.5 Å². The number of anilines is 1. The van der Waals surface area contributed by atoms with Crippen LogP contribution in [-0.2, 0) is 0 Å². The van der Waals surface area contributed by atoms with E-state index in [0.29, 0.717) is 6.04 Å². The average molecular weight is 194 g/mol. The van der Waals surface area contributed by atoms with Gasteiger partial charge < -0.3 is 14.6 Å². The van der Waals surface area contributed by atoms with Gasteiger partial charge in [-0.2, -0.15) is 0 Å². The number of rotatable bonds is 2. The molecule has 2 rings (SSSR count). The quantitative estimate of drug-likeness (QED) is 0.782. The lowest BCUT2D eigenvalue weighted by molar-refractivity contribution is 0.351. The molecule has 0 bridgehead atoms. The summed E-state index contributed by atoms with van der Waals surface area (Å²) in [4.78, 5) is 1.99. The molecule has 1 N–H and O–H groups in total. The van der Waals surface area contributed by atoms with Gasteiger partial charge in [0.2, 0.25) is 0 Å². The van der Waals surface area contributed by atoms with Crippen LogP contribution in [0.3, 0.4) is 0 Å². The molecule has 0 spiro atoms. The molecule has 3 heteroatoms. The van der Waals surface area contributed by atoms with E-state index >= 15 is 0 Å². The minimum absolute atomic E-state index is 0.428. The van der Waals surface area contributed by atoms with E-state index in [9.17, 15) is 0 Å². The summed E-state index contributed by atoms with van der Waals surface area (Å²) in [6, 6.07) is 4.54. The molecule has 1 aromatic heterocycles. The van der Waals surface area contributed by atoms with Gasteiger partial charge in [-0.15, -0.1) is 0 Å². The van der Waals surface area contributed by atoms with Gasteiger partial charge in [-0.05, 0) is 25.5 Å². The molecule has 1 aliphatic rings. The van der Waals surface area contributed by atoms with Gasteiger partial charge in [-0.25, -0.2) is 0 Å². The second-order valence-corrected chi connectivity index (χ2v) is 4.07. The van der Waals surface area contributed by atoms with Crippen LogP contribution in [0.1, 0.15) is 31.1 Å². The number of nitrogens with one attached hydrogen (secondary N) is 1. The first-order chi connectivity index (χ1) is 6.77. The number of nitrogens with zero attached hydrogens (tertiary/aromatic N) is 1. The maximum absolute atomic E-state index is 5.75. The number of hydrogen-bond donors (Lipinski definition) is 1. The molecule has 1 saturated heterocycles. The molecule has 0 aromatic carbocycles. The van der Waals surface area contributed by atoms with E-state index in [1.807, 2.05) is 25.1 Å². The predicted octanol–water partition coefficient (Wildman–Crippen LogP) is 2.16. The Hall–Kier alpha value is -0.960. The van der Waals surface area contributed by atoms with Crippen LogP contribution in [0.25, 0.3) is 0 Å². The third-order valence-corrected chi connectivity index (χ3v) is 2.71. The van der Waals surface area contributed by atoms with Gasteiger partial charge in [-0.3, -0.25) is 0 Å². The number of piperidine rings is 1. The highest BCUT2D eigenvalue weighted by Crippen LogP contribution is 2.27. The zero-order valence-corrected chi connectivity index (χ0v) is 8.92. The van der Waals surface area contributed by atoms with Gasteiger partial charge in [0.1, 0.15) is 5.76 Å². The monoisotopic (exact) mass is 194 g/mol. The summed E-state index contributed by atoms with van der Waals surface area (Å²) in [5, 5.41) is 3.48. The summed E-state index contributed by atoms with van der Waals surface area (Å²) in [7, 11) is 3.99. The van der Waals surface area contributed by atoms with Crippen molar-refractivity contribution in [2.24, 2.45) is 0 Å². The maximum atomic E-state index is 5.75. The fourth-order valence-corrected chi connectivity index (χ4v) is 1.86. The zero-order chi connectivity index (χ0) is 9.97. The Morgan fingerprint density at radius 1 is 1.36 bits per heavy atom. The molecule has 78 valence electrons. The van der Waals surface area contributed by atoms with E-state index in [4.69, 9.17) is 4.42 Å². The minimum atomic E-state index is 0.428. The van der Waals surface area contributed by atoms with Gasteiger partial charge in [0.25, 0.3) is 0 Å². The molecule has 0 saturated carbocycles. The van der Waals surface area contributed by atoms with Crippen LogP contribution < -0.4 is 10.2 Å². The summed E-state index contributed by atoms with van der Waals surface area (Å²) >= 11 is 0. The maximum Gasteiger partial charge on any atom is 0.195 e. The number of furan rings is 1. The van der Waals surface area contributed by atoms with Crippen molar-refractivity contribution in [1.82, 2.24) is 5.32 Å². The SMILES string of the molecule is CN(C)c1ccc([C@H]2CCCCN2)o1. The highest BCUT2D eigenvalue weighted by Gasteiger charge is 2.18.